The molecule has 1 aromatic rings. The fourth-order valence-corrected chi connectivity index (χ4v) is 4.63. The van der Waals surface area contributed by atoms with Crippen molar-refractivity contribution >= 4 is 37.4 Å². The molecule has 5 nitrogen and oxygen atoms in total. The Balaban J connectivity index is 2.20. The predicted molar refractivity (Wildman–Crippen MR) is 77.7 cm³/mol. The van der Waals surface area contributed by atoms with Crippen molar-refractivity contribution in [2.24, 2.45) is 0 Å². The molecule has 1 aliphatic rings. The molecule has 0 aliphatic carbocycles. The molecule has 104 valence electrons. The molecule has 1 saturated heterocycles. The van der Waals surface area contributed by atoms with Gasteiger partial charge in [-0.15, -0.1) is 0 Å². The number of amides is 1. The van der Waals surface area contributed by atoms with Gasteiger partial charge in [-0.2, -0.15) is 0 Å². The van der Waals surface area contributed by atoms with Gasteiger partial charge in [-0.3, -0.25) is 4.79 Å². The number of nitrogens with two attached hydrogens (primary N) is 1. The van der Waals surface area contributed by atoms with Gasteiger partial charge < -0.3 is 11.1 Å². The van der Waals surface area contributed by atoms with Crippen LogP contribution in [0.25, 0.3) is 0 Å². The third kappa shape index (κ3) is 3.27. The first-order valence-corrected chi connectivity index (χ1v) is 8.40. The number of nitrogen functional groups attached to an aromatic ring is 1. The standard InChI is InChI=1S/C12H15BrN2O3S/c1-12(4-5-19(17,18)7-12)15-11(16)9-6-8(13)2-3-10(9)14/h2-3,6H,4-5,7,14H2,1H3,(H,15,16). The molecule has 0 spiro atoms. The molecule has 1 amide bonds. The van der Waals surface area contributed by atoms with Crippen LogP contribution in [0.15, 0.2) is 22.7 Å². The first-order chi connectivity index (χ1) is 8.71. The molecule has 1 heterocycles. The first kappa shape index (κ1) is 14.3. The largest absolute Gasteiger partial charge is 0.398 e. The van der Waals surface area contributed by atoms with E-state index in [0.29, 0.717) is 17.7 Å². The van der Waals surface area contributed by atoms with Gasteiger partial charge >= 0.3 is 0 Å². The number of carbonyl (C=O) groups is 1. The maximum absolute atomic E-state index is 12.2. The summed E-state index contributed by atoms with van der Waals surface area (Å²) in [4.78, 5) is 12.2. The number of hydrogen-bond acceptors (Lipinski definition) is 4. The number of nitrogens with one attached hydrogen (secondary N) is 1. The molecule has 1 unspecified atom stereocenters. The summed E-state index contributed by atoms with van der Waals surface area (Å²) < 4.78 is 23.7. The highest BCUT2D eigenvalue weighted by molar-refractivity contribution is 9.10. The van der Waals surface area contributed by atoms with Crippen molar-refractivity contribution < 1.29 is 13.2 Å². The van der Waals surface area contributed by atoms with E-state index < -0.39 is 15.4 Å². The van der Waals surface area contributed by atoms with E-state index in [4.69, 9.17) is 5.73 Å². The van der Waals surface area contributed by atoms with Gasteiger partial charge in [0.15, 0.2) is 9.84 Å². The van der Waals surface area contributed by atoms with Gasteiger partial charge in [-0.25, -0.2) is 8.42 Å². The second kappa shape index (κ2) is 4.79. The van der Waals surface area contributed by atoms with Crippen LogP contribution in [-0.2, 0) is 9.84 Å². The van der Waals surface area contributed by atoms with Crippen LogP contribution in [-0.4, -0.2) is 31.4 Å². The number of halogens is 1. The topological polar surface area (TPSA) is 89.3 Å². The van der Waals surface area contributed by atoms with Crippen LogP contribution in [0.1, 0.15) is 23.7 Å². The minimum absolute atomic E-state index is 0.0281. The van der Waals surface area contributed by atoms with Gasteiger partial charge in [-0.05, 0) is 31.5 Å². The Hall–Kier alpha value is -1.08. The molecule has 0 radical (unpaired) electrons. The molecule has 0 bridgehead atoms. The van der Waals surface area contributed by atoms with E-state index >= 15 is 0 Å². The maximum atomic E-state index is 12.2. The van der Waals surface area contributed by atoms with Crippen molar-refractivity contribution in [1.29, 1.82) is 0 Å². The summed E-state index contributed by atoms with van der Waals surface area (Å²) in [5.41, 5.74) is 5.76. The van der Waals surface area contributed by atoms with Crippen molar-refractivity contribution in [2.45, 2.75) is 18.9 Å². The second-order valence-electron chi connectivity index (χ2n) is 5.09. The number of rotatable bonds is 2. The number of benzene rings is 1. The monoisotopic (exact) mass is 346 g/mol. The number of hydrogen-bond donors (Lipinski definition) is 2. The summed E-state index contributed by atoms with van der Waals surface area (Å²) in [6.07, 6.45) is 0.426. The average Bonchev–Trinajstić information content (AvgIpc) is 2.56. The number of anilines is 1. The summed E-state index contributed by atoms with van der Waals surface area (Å²) in [6, 6.07) is 5.00. The van der Waals surface area contributed by atoms with Gasteiger partial charge in [0.1, 0.15) is 0 Å². The summed E-state index contributed by atoms with van der Waals surface area (Å²) in [7, 11) is -3.06. The third-order valence-corrected chi connectivity index (χ3v) is 5.57. The summed E-state index contributed by atoms with van der Waals surface area (Å²) in [5, 5.41) is 2.78. The minimum Gasteiger partial charge on any atom is -0.398 e. The van der Waals surface area contributed by atoms with E-state index in [1.807, 2.05) is 0 Å². The molecule has 0 aromatic heterocycles. The Morgan fingerprint density at radius 1 is 1.47 bits per heavy atom. The molecular weight excluding hydrogens is 332 g/mol. The quantitative estimate of drug-likeness (QED) is 0.790. The predicted octanol–water partition coefficient (Wildman–Crippen LogP) is 1.34. The van der Waals surface area contributed by atoms with Gasteiger partial charge in [-0.1, -0.05) is 15.9 Å². The van der Waals surface area contributed by atoms with Crippen molar-refractivity contribution in [3.05, 3.63) is 28.2 Å². The van der Waals surface area contributed by atoms with Crippen LogP contribution in [0.3, 0.4) is 0 Å². The highest BCUT2D eigenvalue weighted by Crippen LogP contribution is 2.25. The third-order valence-electron chi connectivity index (χ3n) is 3.18. The van der Waals surface area contributed by atoms with Crippen LogP contribution < -0.4 is 11.1 Å². The lowest BCUT2D eigenvalue weighted by Gasteiger charge is -2.24. The Morgan fingerprint density at radius 2 is 2.16 bits per heavy atom. The molecule has 19 heavy (non-hydrogen) atoms. The molecular formula is C12H15BrN2O3S. The molecule has 1 aliphatic heterocycles. The highest BCUT2D eigenvalue weighted by Gasteiger charge is 2.39. The lowest BCUT2D eigenvalue weighted by Crippen LogP contribution is -2.47. The van der Waals surface area contributed by atoms with Gasteiger partial charge in [0, 0.05) is 10.2 Å². The summed E-state index contributed by atoms with van der Waals surface area (Å²) >= 11 is 3.28. The normalized spacial score (nSPS) is 25.2. The van der Waals surface area contributed by atoms with Crippen molar-refractivity contribution in [3.8, 4) is 0 Å². The second-order valence-corrected chi connectivity index (χ2v) is 8.19. The van der Waals surface area contributed by atoms with Crippen LogP contribution in [0, 0.1) is 0 Å². The molecule has 0 saturated carbocycles. The molecule has 7 heteroatoms. The zero-order valence-electron chi connectivity index (χ0n) is 10.4. The smallest absolute Gasteiger partial charge is 0.253 e. The van der Waals surface area contributed by atoms with Crippen molar-refractivity contribution in [1.82, 2.24) is 5.32 Å². The van der Waals surface area contributed by atoms with Gasteiger partial charge in [0.2, 0.25) is 0 Å². The minimum atomic E-state index is -3.06. The fourth-order valence-electron chi connectivity index (χ4n) is 2.18. The average molecular weight is 347 g/mol. The molecule has 1 fully saturated rings. The zero-order chi connectivity index (χ0) is 14.3. The van der Waals surface area contributed by atoms with Gasteiger partial charge in [0.05, 0.1) is 22.6 Å². The fraction of sp³-hybridized carbons (Fsp3) is 0.417. The lowest BCUT2D eigenvalue weighted by molar-refractivity contribution is 0.0916. The van der Waals surface area contributed by atoms with Crippen LogP contribution in [0.5, 0.6) is 0 Å². The highest BCUT2D eigenvalue weighted by atomic mass is 79.9. The van der Waals surface area contributed by atoms with E-state index in [0.717, 1.165) is 4.47 Å². The number of carbonyl (C=O) groups excluding carboxylic acids is 1. The van der Waals surface area contributed by atoms with E-state index in [1.54, 1.807) is 25.1 Å². The molecule has 1 aromatic carbocycles. The van der Waals surface area contributed by atoms with E-state index in [2.05, 4.69) is 21.2 Å². The Bertz CT molecular complexity index is 630. The van der Waals surface area contributed by atoms with Crippen molar-refractivity contribution in [2.75, 3.05) is 17.2 Å². The SMILES string of the molecule is CC1(NC(=O)c2cc(Br)ccc2N)CCS(=O)(=O)C1. The van der Waals surface area contributed by atoms with Gasteiger partial charge in [0.25, 0.3) is 5.91 Å². The van der Waals surface area contributed by atoms with Crippen LogP contribution in [0.4, 0.5) is 5.69 Å². The Kier molecular flexibility index (Phi) is 3.61. The van der Waals surface area contributed by atoms with E-state index in [1.165, 1.54) is 0 Å². The summed E-state index contributed by atoms with van der Waals surface area (Å²) in [6.45, 7) is 1.74. The Morgan fingerprint density at radius 3 is 2.74 bits per heavy atom. The van der Waals surface area contributed by atoms with Crippen LogP contribution >= 0.6 is 15.9 Å². The Labute approximate surface area is 120 Å². The van der Waals surface area contributed by atoms with Crippen molar-refractivity contribution in [3.63, 3.8) is 0 Å². The molecule has 1 atom stereocenters. The van der Waals surface area contributed by atoms with E-state index in [-0.39, 0.29) is 17.4 Å². The maximum Gasteiger partial charge on any atom is 0.253 e. The zero-order valence-corrected chi connectivity index (χ0v) is 12.8. The van der Waals surface area contributed by atoms with E-state index in [9.17, 15) is 13.2 Å². The summed E-state index contributed by atoms with van der Waals surface area (Å²) in [5.74, 6) is -0.268. The molecule has 3 N–H and O–H groups in total. The first-order valence-electron chi connectivity index (χ1n) is 5.79. The van der Waals surface area contributed by atoms with Crippen LogP contribution in [0.2, 0.25) is 0 Å². The molecule has 2 rings (SSSR count). The number of sulfone groups is 1. The lowest BCUT2D eigenvalue weighted by atomic mass is 10.0.